The molecule has 0 fully saturated rings. The molecule has 0 aliphatic carbocycles. The number of aliphatic carboxylic acids is 3. The average molecular weight is 552 g/mol. The third kappa shape index (κ3) is 9.46. The fourth-order valence-corrected chi connectivity index (χ4v) is 3.93. The molecule has 1 heterocycles. The summed E-state index contributed by atoms with van der Waals surface area (Å²) in [6.45, 7) is 5.93. The number of aromatic nitrogens is 4. The van der Waals surface area contributed by atoms with Crippen LogP contribution in [0.1, 0.15) is 45.6 Å². The SMILES string of the molecule is CCCCC(=O)N(Cc1ccc(-c2ccccc2-c2nn[nH]n2)cc1)C(C(=O)O)C(C)C.O=C(O)/C=C/C(=O)O. The van der Waals surface area contributed by atoms with Gasteiger partial charge in [-0.2, -0.15) is 5.21 Å². The number of hydrogen-bond acceptors (Lipinski definition) is 7. The van der Waals surface area contributed by atoms with Gasteiger partial charge in [-0.15, -0.1) is 10.2 Å². The first kappa shape index (κ1) is 31.3. The number of aromatic amines is 1. The van der Waals surface area contributed by atoms with E-state index in [4.69, 9.17) is 10.2 Å². The minimum atomic E-state index is -1.26. The Bertz CT molecular complexity index is 1290. The van der Waals surface area contributed by atoms with E-state index in [1.807, 2.05) is 69.3 Å². The molecule has 212 valence electrons. The van der Waals surface area contributed by atoms with Gasteiger partial charge < -0.3 is 20.2 Å². The molecule has 0 aliphatic heterocycles. The van der Waals surface area contributed by atoms with Crippen molar-refractivity contribution in [2.24, 2.45) is 5.92 Å². The molecule has 0 radical (unpaired) electrons. The van der Waals surface area contributed by atoms with Crippen LogP contribution in [0.5, 0.6) is 0 Å². The van der Waals surface area contributed by atoms with E-state index in [9.17, 15) is 24.3 Å². The molecule has 4 N–H and O–H groups in total. The Kier molecular flexibility index (Phi) is 12.2. The number of unbranched alkanes of at least 4 members (excludes halogenated alkanes) is 1. The van der Waals surface area contributed by atoms with Crippen LogP contribution in [0.4, 0.5) is 0 Å². The normalized spacial score (nSPS) is 11.5. The molecule has 0 spiro atoms. The van der Waals surface area contributed by atoms with Gasteiger partial charge in [0.15, 0.2) is 0 Å². The van der Waals surface area contributed by atoms with Crippen molar-refractivity contribution in [1.29, 1.82) is 0 Å². The lowest BCUT2D eigenvalue weighted by Crippen LogP contribution is -2.47. The predicted octanol–water partition coefficient (Wildman–Crippen LogP) is 3.87. The van der Waals surface area contributed by atoms with Gasteiger partial charge in [-0.3, -0.25) is 4.79 Å². The number of H-pyrrole nitrogens is 1. The Morgan fingerprint density at radius 2 is 1.52 bits per heavy atom. The van der Waals surface area contributed by atoms with Crippen LogP contribution in [-0.4, -0.2) is 70.7 Å². The molecule has 0 saturated heterocycles. The molecule has 12 nitrogen and oxygen atoms in total. The summed E-state index contributed by atoms with van der Waals surface area (Å²) in [5, 5.41) is 39.7. The minimum absolute atomic E-state index is 0.125. The molecule has 2 aromatic carbocycles. The Morgan fingerprint density at radius 3 is 2.00 bits per heavy atom. The summed E-state index contributed by atoms with van der Waals surface area (Å²) in [5.74, 6) is -3.30. The molecular formula is C28H33N5O7. The molecule has 3 aromatic rings. The summed E-state index contributed by atoms with van der Waals surface area (Å²) in [6.07, 6.45) is 3.09. The van der Waals surface area contributed by atoms with Crippen LogP contribution < -0.4 is 0 Å². The summed E-state index contributed by atoms with van der Waals surface area (Å²) < 4.78 is 0. The zero-order valence-electron chi connectivity index (χ0n) is 22.5. The summed E-state index contributed by atoms with van der Waals surface area (Å²) in [4.78, 5) is 45.4. The zero-order chi connectivity index (χ0) is 29.7. The number of amides is 1. The van der Waals surface area contributed by atoms with E-state index in [0.29, 0.717) is 24.4 Å². The van der Waals surface area contributed by atoms with Crippen LogP contribution in [0.25, 0.3) is 22.5 Å². The largest absolute Gasteiger partial charge is 0.480 e. The number of nitrogens with zero attached hydrogens (tertiary/aromatic N) is 4. The highest BCUT2D eigenvalue weighted by Gasteiger charge is 2.32. The van der Waals surface area contributed by atoms with Crippen molar-refractivity contribution in [1.82, 2.24) is 25.5 Å². The summed E-state index contributed by atoms with van der Waals surface area (Å²) in [5.41, 5.74) is 3.66. The average Bonchev–Trinajstić information content (AvgIpc) is 3.45. The third-order valence-electron chi connectivity index (χ3n) is 5.78. The van der Waals surface area contributed by atoms with Crippen molar-refractivity contribution in [2.45, 2.75) is 52.6 Å². The molecule has 1 amide bonds. The maximum Gasteiger partial charge on any atom is 0.328 e. The first-order valence-corrected chi connectivity index (χ1v) is 12.6. The van der Waals surface area contributed by atoms with Gasteiger partial charge in [0, 0.05) is 30.7 Å². The number of carboxylic acid groups (broad SMARTS) is 3. The molecule has 1 aromatic heterocycles. The molecule has 1 unspecified atom stereocenters. The highest BCUT2D eigenvalue weighted by Crippen LogP contribution is 2.30. The fourth-order valence-electron chi connectivity index (χ4n) is 3.93. The first-order valence-electron chi connectivity index (χ1n) is 12.6. The number of benzene rings is 2. The lowest BCUT2D eigenvalue weighted by molar-refractivity contribution is -0.153. The van der Waals surface area contributed by atoms with E-state index in [1.54, 1.807) is 0 Å². The number of tetrazole rings is 1. The van der Waals surface area contributed by atoms with Gasteiger partial charge in [-0.25, -0.2) is 14.4 Å². The van der Waals surface area contributed by atoms with Crippen molar-refractivity contribution < 1.29 is 34.5 Å². The molecule has 40 heavy (non-hydrogen) atoms. The van der Waals surface area contributed by atoms with Crippen LogP contribution in [0.2, 0.25) is 0 Å². The van der Waals surface area contributed by atoms with E-state index >= 15 is 0 Å². The van der Waals surface area contributed by atoms with Gasteiger partial charge in [0.05, 0.1) is 0 Å². The van der Waals surface area contributed by atoms with E-state index in [-0.39, 0.29) is 18.4 Å². The second-order valence-electron chi connectivity index (χ2n) is 9.14. The Morgan fingerprint density at radius 1 is 0.925 bits per heavy atom. The van der Waals surface area contributed by atoms with Crippen LogP contribution in [-0.2, 0) is 25.7 Å². The molecule has 0 bridgehead atoms. The van der Waals surface area contributed by atoms with Crippen LogP contribution in [0.3, 0.4) is 0 Å². The van der Waals surface area contributed by atoms with Crippen LogP contribution in [0, 0.1) is 5.92 Å². The monoisotopic (exact) mass is 551 g/mol. The number of carboxylic acids is 3. The van der Waals surface area contributed by atoms with Gasteiger partial charge in [-0.05, 0) is 34.2 Å². The molecule has 0 saturated carbocycles. The molecular weight excluding hydrogens is 518 g/mol. The third-order valence-corrected chi connectivity index (χ3v) is 5.78. The number of nitrogens with one attached hydrogen (secondary N) is 1. The zero-order valence-corrected chi connectivity index (χ0v) is 22.5. The molecule has 3 rings (SSSR count). The van der Waals surface area contributed by atoms with Crippen molar-refractivity contribution in [3.63, 3.8) is 0 Å². The number of carbonyl (C=O) groups excluding carboxylic acids is 1. The van der Waals surface area contributed by atoms with Crippen molar-refractivity contribution in [3.05, 3.63) is 66.2 Å². The number of rotatable bonds is 12. The van der Waals surface area contributed by atoms with Crippen molar-refractivity contribution in [3.8, 4) is 22.5 Å². The lowest BCUT2D eigenvalue weighted by atomic mass is 9.97. The van der Waals surface area contributed by atoms with Gasteiger partial charge >= 0.3 is 17.9 Å². The lowest BCUT2D eigenvalue weighted by Gasteiger charge is -2.32. The Labute approximate surface area is 231 Å². The van der Waals surface area contributed by atoms with Crippen molar-refractivity contribution in [2.75, 3.05) is 0 Å². The Hall–Kier alpha value is -4.87. The number of hydrogen-bond donors (Lipinski definition) is 4. The van der Waals surface area contributed by atoms with Gasteiger partial charge in [0.1, 0.15) is 6.04 Å². The van der Waals surface area contributed by atoms with E-state index in [0.717, 1.165) is 35.1 Å². The topological polar surface area (TPSA) is 187 Å². The van der Waals surface area contributed by atoms with E-state index in [1.165, 1.54) is 4.90 Å². The highest BCUT2D eigenvalue weighted by atomic mass is 16.4. The van der Waals surface area contributed by atoms with Crippen molar-refractivity contribution >= 4 is 23.8 Å². The molecule has 1 atom stereocenters. The summed E-state index contributed by atoms with van der Waals surface area (Å²) in [7, 11) is 0. The van der Waals surface area contributed by atoms with E-state index in [2.05, 4.69) is 20.6 Å². The van der Waals surface area contributed by atoms with Crippen LogP contribution >= 0.6 is 0 Å². The Balaban J connectivity index is 0.000000611. The summed E-state index contributed by atoms with van der Waals surface area (Å²) in [6, 6.07) is 14.7. The van der Waals surface area contributed by atoms with Crippen LogP contribution in [0.15, 0.2) is 60.7 Å². The second kappa shape index (κ2) is 15.5. The van der Waals surface area contributed by atoms with Gasteiger partial charge in [0.25, 0.3) is 0 Å². The second-order valence-corrected chi connectivity index (χ2v) is 9.14. The smallest absolute Gasteiger partial charge is 0.328 e. The predicted molar refractivity (Wildman–Crippen MR) is 146 cm³/mol. The standard InChI is InChI=1S/C24H29N5O3.C4H4O4/c1-4-5-10-21(30)29(22(16(2)3)24(31)32)15-17-11-13-18(14-12-17)19-8-6-7-9-20(19)23-25-27-28-26-23;5-3(6)1-2-4(7)8/h6-9,11-14,16,22H,4-5,10,15H2,1-3H3,(H,31,32)(H,25,26,27,28);1-2H,(H,5,6)(H,7,8)/b;2-1+. The fraction of sp³-hybridized carbons (Fsp3) is 0.321. The maximum atomic E-state index is 12.9. The molecule has 0 aliphatic rings. The van der Waals surface area contributed by atoms with Gasteiger partial charge in [-0.1, -0.05) is 75.7 Å². The van der Waals surface area contributed by atoms with E-state index < -0.39 is 23.9 Å². The van der Waals surface area contributed by atoms with Gasteiger partial charge in [0.2, 0.25) is 11.7 Å². The minimum Gasteiger partial charge on any atom is -0.480 e. The highest BCUT2D eigenvalue weighted by molar-refractivity contribution is 5.89. The first-order chi connectivity index (χ1) is 19.0. The molecule has 12 heteroatoms. The summed E-state index contributed by atoms with van der Waals surface area (Å²) >= 11 is 0. The quantitative estimate of drug-likeness (QED) is 0.241. The maximum absolute atomic E-state index is 12.9. The number of carbonyl (C=O) groups is 4.